The lowest BCUT2D eigenvalue weighted by atomic mass is 10.0. The quantitative estimate of drug-likeness (QED) is 0.781. The molecule has 0 saturated heterocycles. The first-order valence-electron chi connectivity index (χ1n) is 5.36. The van der Waals surface area contributed by atoms with Crippen molar-refractivity contribution < 1.29 is 19.4 Å². The van der Waals surface area contributed by atoms with Crippen molar-refractivity contribution in [2.24, 2.45) is 0 Å². The average Bonchev–Trinajstić information content (AvgIpc) is 2.52. The van der Waals surface area contributed by atoms with Gasteiger partial charge in [-0.25, -0.2) is 4.79 Å². The summed E-state index contributed by atoms with van der Waals surface area (Å²) < 4.78 is 10.8. The Bertz CT molecular complexity index is 468. The van der Waals surface area contributed by atoms with Crippen LogP contribution in [0.3, 0.4) is 0 Å². The van der Waals surface area contributed by atoms with E-state index in [-0.39, 0.29) is 17.1 Å². The van der Waals surface area contributed by atoms with Crippen LogP contribution in [0.1, 0.15) is 19.4 Å². The maximum Gasteiger partial charge on any atom is 0.412 e. The van der Waals surface area contributed by atoms with E-state index in [1.165, 1.54) is 13.1 Å². The Labute approximate surface area is 99.3 Å². The zero-order valence-corrected chi connectivity index (χ0v) is 10.0. The summed E-state index contributed by atoms with van der Waals surface area (Å²) >= 11 is 0. The summed E-state index contributed by atoms with van der Waals surface area (Å²) in [5, 5.41) is 11.9. The molecule has 1 aliphatic heterocycles. The number of hydrogen-bond acceptors (Lipinski definition) is 4. The zero-order valence-electron chi connectivity index (χ0n) is 10.0. The molecule has 5 nitrogen and oxygen atoms in total. The summed E-state index contributed by atoms with van der Waals surface area (Å²) in [5.41, 5.74) is 0.491. The van der Waals surface area contributed by atoms with Gasteiger partial charge in [-0.3, -0.25) is 0 Å². The van der Waals surface area contributed by atoms with E-state index in [2.05, 4.69) is 5.32 Å². The monoisotopic (exact) mass is 237 g/mol. The molecule has 1 aliphatic rings. The Balaban J connectivity index is 2.38. The highest BCUT2D eigenvalue weighted by molar-refractivity contribution is 5.72. The maximum atomic E-state index is 11.2. The van der Waals surface area contributed by atoms with Crippen molar-refractivity contribution in [3.63, 3.8) is 0 Å². The van der Waals surface area contributed by atoms with E-state index in [0.717, 1.165) is 5.56 Å². The van der Waals surface area contributed by atoms with E-state index >= 15 is 0 Å². The van der Waals surface area contributed by atoms with Crippen LogP contribution in [0, 0.1) is 0 Å². The molecule has 2 N–H and O–H groups in total. The Morgan fingerprint density at radius 3 is 2.88 bits per heavy atom. The van der Waals surface area contributed by atoms with Crippen LogP contribution in [0.4, 0.5) is 4.79 Å². The molecule has 0 saturated carbocycles. The van der Waals surface area contributed by atoms with E-state index in [0.29, 0.717) is 12.2 Å². The van der Waals surface area contributed by atoms with Crippen LogP contribution in [-0.4, -0.2) is 23.8 Å². The third-order valence-corrected chi connectivity index (χ3v) is 2.52. The molecule has 1 aromatic rings. The molecule has 0 fully saturated rings. The Kier molecular flexibility index (Phi) is 2.61. The molecule has 0 radical (unpaired) electrons. The highest BCUT2D eigenvalue weighted by atomic mass is 16.6. The van der Waals surface area contributed by atoms with Crippen LogP contribution in [0.5, 0.6) is 17.2 Å². The highest BCUT2D eigenvalue weighted by Gasteiger charge is 2.33. The van der Waals surface area contributed by atoms with Gasteiger partial charge < -0.3 is 19.9 Å². The molecule has 5 heteroatoms. The minimum atomic E-state index is -0.592. The van der Waals surface area contributed by atoms with E-state index in [9.17, 15) is 9.90 Å². The minimum absolute atomic E-state index is 0.0592. The molecule has 1 amide bonds. The summed E-state index contributed by atoms with van der Waals surface area (Å²) in [4.78, 5) is 11.2. The molecule has 0 spiro atoms. The first-order chi connectivity index (χ1) is 7.91. The number of benzene rings is 1. The number of hydrogen-bond donors (Lipinski definition) is 2. The second kappa shape index (κ2) is 3.84. The number of nitrogens with one attached hydrogen (secondary N) is 1. The predicted molar refractivity (Wildman–Crippen MR) is 61.6 cm³/mol. The van der Waals surface area contributed by atoms with Crippen LogP contribution in [-0.2, 0) is 6.42 Å². The van der Waals surface area contributed by atoms with E-state index in [1.54, 1.807) is 6.07 Å². The van der Waals surface area contributed by atoms with Gasteiger partial charge in [-0.15, -0.1) is 0 Å². The molecule has 0 atom stereocenters. The lowest BCUT2D eigenvalue weighted by Crippen LogP contribution is -2.25. The van der Waals surface area contributed by atoms with Gasteiger partial charge in [0.1, 0.15) is 11.4 Å². The van der Waals surface area contributed by atoms with Crippen molar-refractivity contribution in [3.05, 3.63) is 17.7 Å². The highest BCUT2D eigenvalue weighted by Crippen LogP contribution is 2.44. The van der Waals surface area contributed by atoms with Crippen molar-refractivity contribution in [1.29, 1.82) is 0 Å². The number of phenols is 1. The molecular formula is C12H15NO4. The zero-order chi connectivity index (χ0) is 12.6. The summed E-state index contributed by atoms with van der Waals surface area (Å²) in [5.74, 6) is 0.824. The van der Waals surface area contributed by atoms with Gasteiger partial charge >= 0.3 is 6.09 Å². The van der Waals surface area contributed by atoms with Crippen LogP contribution in [0.15, 0.2) is 12.1 Å². The average molecular weight is 237 g/mol. The fourth-order valence-electron chi connectivity index (χ4n) is 1.89. The number of amides is 1. The van der Waals surface area contributed by atoms with Crippen molar-refractivity contribution >= 4 is 6.09 Å². The Morgan fingerprint density at radius 2 is 2.24 bits per heavy atom. The molecule has 0 bridgehead atoms. The van der Waals surface area contributed by atoms with Gasteiger partial charge in [0, 0.05) is 25.1 Å². The number of aromatic hydroxyl groups is 1. The van der Waals surface area contributed by atoms with Gasteiger partial charge in [0.05, 0.1) is 0 Å². The predicted octanol–water partition coefficient (Wildman–Crippen LogP) is 1.82. The Morgan fingerprint density at radius 1 is 1.53 bits per heavy atom. The smallest absolute Gasteiger partial charge is 0.412 e. The number of ether oxygens (including phenoxy) is 2. The first-order valence-corrected chi connectivity index (χ1v) is 5.36. The van der Waals surface area contributed by atoms with Gasteiger partial charge in [-0.05, 0) is 19.9 Å². The molecule has 1 heterocycles. The van der Waals surface area contributed by atoms with Crippen LogP contribution in [0.25, 0.3) is 0 Å². The molecule has 0 aliphatic carbocycles. The molecule has 1 aromatic carbocycles. The number of fused-ring (bicyclic) bond motifs is 1. The van der Waals surface area contributed by atoms with Gasteiger partial charge in [-0.2, -0.15) is 0 Å². The lowest BCUT2D eigenvalue weighted by molar-refractivity contribution is 0.133. The third-order valence-electron chi connectivity index (χ3n) is 2.52. The van der Waals surface area contributed by atoms with Crippen LogP contribution in [0.2, 0.25) is 0 Å². The number of carbonyl (C=O) groups is 1. The fourth-order valence-corrected chi connectivity index (χ4v) is 1.89. The van der Waals surface area contributed by atoms with Crippen LogP contribution >= 0.6 is 0 Å². The fraction of sp³-hybridized carbons (Fsp3) is 0.417. The second-order valence-electron chi connectivity index (χ2n) is 4.61. The summed E-state index contributed by atoms with van der Waals surface area (Å²) in [6.07, 6.45) is 0.0759. The standard InChI is InChI=1S/C12H15NO4/c1-12(2)6-7-4-8(14)5-9(10(7)17-12)16-11(15)13-3/h4-5,14H,6H2,1-3H3,(H,13,15). The molecule has 92 valence electrons. The molecule has 17 heavy (non-hydrogen) atoms. The van der Waals surface area contributed by atoms with E-state index in [1.807, 2.05) is 13.8 Å². The van der Waals surface area contributed by atoms with Crippen molar-refractivity contribution in [2.75, 3.05) is 7.05 Å². The van der Waals surface area contributed by atoms with E-state index < -0.39 is 6.09 Å². The summed E-state index contributed by atoms with van der Waals surface area (Å²) in [6.45, 7) is 3.88. The van der Waals surface area contributed by atoms with Gasteiger partial charge in [0.25, 0.3) is 0 Å². The van der Waals surface area contributed by atoms with Crippen molar-refractivity contribution in [2.45, 2.75) is 25.9 Å². The Hall–Kier alpha value is -1.91. The van der Waals surface area contributed by atoms with E-state index in [4.69, 9.17) is 9.47 Å². The largest absolute Gasteiger partial charge is 0.508 e. The van der Waals surface area contributed by atoms with Crippen molar-refractivity contribution in [3.8, 4) is 17.2 Å². The molecular weight excluding hydrogens is 222 g/mol. The first kappa shape index (κ1) is 11.6. The molecule has 0 aromatic heterocycles. The lowest BCUT2D eigenvalue weighted by Gasteiger charge is -2.17. The van der Waals surface area contributed by atoms with Gasteiger partial charge in [0.15, 0.2) is 11.5 Å². The minimum Gasteiger partial charge on any atom is -0.508 e. The second-order valence-corrected chi connectivity index (χ2v) is 4.61. The molecule has 2 rings (SSSR count). The van der Waals surface area contributed by atoms with Crippen molar-refractivity contribution in [1.82, 2.24) is 5.32 Å². The van der Waals surface area contributed by atoms with Gasteiger partial charge in [0.2, 0.25) is 0 Å². The third kappa shape index (κ3) is 2.27. The van der Waals surface area contributed by atoms with Crippen LogP contribution < -0.4 is 14.8 Å². The number of rotatable bonds is 1. The topological polar surface area (TPSA) is 67.8 Å². The summed E-state index contributed by atoms with van der Waals surface area (Å²) in [7, 11) is 1.47. The summed E-state index contributed by atoms with van der Waals surface area (Å²) in [6, 6.07) is 3.00. The normalized spacial score (nSPS) is 15.9. The number of carbonyl (C=O) groups excluding carboxylic acids is 1. The SMILES string of the molecule is CNC(=O)Oc1cc(O)cc2c1OC(C)(C)C2. The maximum absolute atomic E-state index is 11.2. The molecule has 0 unspecified atom stereocenters. The number of phenolic OH excluding ortho intramolecular Hbond substituents is 1. The van der Waals surface area contributed by atoms with Gasteiger partial charge in [-0.1, -0.05) is 0 Å².